The molecule has 0 saturated carbocycles. The molecule has 2 amide bonds. The van der Waals surface area contributed by atoms with Crippen molar-refractivity contribution in [2.75, 3.05) is 6.54 Å². The summed E-state index contributed by atoms with van der Waals surface area (Å²) >= 11 is 6.07. The molecular formula is C27H19ClN4O5. The number of nitro benzene ring substituents is 1. The maximum absolute atomic E-state index is 13.3. The summed E-state index contributed by atoms with van der Waals surface area (Å²) < 4.78 is 6.22. The number of rotatable bonds is 6. The Bertz CT molecular complexity index is 1580. The average molecular weight is 515 g/mol. The smallest absolute Gasteiger partial charge is 0.294 e. The van der Waals surface area contributed by atoms with Crippen LogP contribution in [0.3, 0.4) is 0 Å². The predicted molar refractivity (Wildman–Crippen MR) is 137 cm³/mol. The summed E-state index contributed by atoms with van der Waals surface area (Å²) in [4.78, 5) is 46.5. The molecule has 0 saturated heterocycles. The van der Waals surface area contributed by atoms with Gasteiger partial charge in [-0.25, -0.2) is 4.99 Å². The van der Waals surface area contributed by atoms with Gasteiger partial charge in [-0.15, -0.1) is 0 Å². The first kappa shape index (κ1) is 22.9. The van der Waals surface area contributed by atoms with E-state index in [9.17, 15) is 19.7 Å². The van der Waals surface area contributed by atoms with E-state index in [4.69, 9.17) is 16.3 Å². The Morgan fingerprint density at radius 1 is 1.05 bits per heavy atom. The SMILES string of the molecule is O=C1c2ccccc2C(=O)N1C(Cc1ccccc1)[C@H]1CN=C(c2cc3cc(Cl)cc([N+](=O)[O-])c3[nH]2)O1. The molecule has 6 rings (SSSR count). The van der Waals surface area contributed by atoms with Crippen LogP contribution in [0.1, 0.15) is 32.0 Å². The van der Waals surface area contributed by atoms with Gasteiger partial charge < -0.3 is 9.72 Å². The number of fused-ring (bicyclic) bond motifs is 2. The number of imide groups is 1. The quantitative estimate of drug-likeness (QED) is 0.226. The van der Waals surface area contributed by atoms with Gasteiger partial charge in [0.15, 0.2) is 0 Å². The molecule has 184 valence electrons. The van der Waals surface area contributed by atoms with Gasteiger partial charge in [-0.05, 0) is 36.2 Å². The van der Waals surface area contributed by atoms with Crippen molar-refractivity contribution in [1.82, 2.24) is 9.88 Å². The third kappa shape index (κ3) is 3.93. The molecule has 2 aliphatic rings. The van der Waals surface area contributed by atoms with Crippen molar-refractivity contribution in [3.05, 3.63) is 110 Å². The van der Waals surface area contributed by atoms with E-state index < -0.39 is 17.1 Å². The van der Waals surface area contributed by atoms with Crippen molar-refractivity contribution >= 4 is 45.9 Å². The number of amides is 2. The minimum absolute atomic E-state index is 0.156. The van der Waals surface area contributed by atoms with Crippen LogP contribution in [0.25, 0.3) is 10.9 Å². The summed E-state index contributed by atoms with van der Waals surface area (Å²) in [6.45, 7) is 0.207. The van der Waals surface area contributed by atoms with Crippen molar-refractivity contribution in [2.24, 2.45) is 4.99 Å². The molecule has 0 fully saturated rings. The summed E-state index contributed by atoms with van der Waals surface area (Å²) in [5, 5.41) is 12.3. The van der Waals surface area contributed by atoms with Crippen LogP contribution in [0.2, 0.25) is 5.02 Å². The molecule has 3 heterocycles. The van der Waals surface area contributed by atoms with E-state index >= 15 is 0 Å². The first-order valence-corrected chi connectivity index (χ1v) is 12.0. The molecular weight excluding hydrogens is 496 g/mol. The lowest BCUT2D eigenvalue weighted by Crippen LogP contribution is -2.49. The van der Waals surface area contributed by atoms with Crippen molar-refractivity contribution in [3.8, 4) is 0 Å². The van der Waals surface area contributed by atoms with Gasteiger partial charge in [0, 0.05) is 16.5 Å². The van der Waals surface area contributed by atoms with Crippen molar-refractivity contribution in [3.63, 3.8) is 0 Å². The number of aromatic amines is 1. The fourth-order valence-corrected chi connectivity index (χ4v) is 5.16. The van der Waals surface area contributed by atoms with E-state index in [1.54, 1.807) is 36.4 Å². The number of nitrogens with one attached hydrogen (secondary N) is 1. The Kier molecular flexibility index (Phi) is 5.49. The maximum atomic E-state index is 13.3. The molecule has 3 aromatic carbocycles. The number of carbonyl (C=O) groups excluding carboxylic acids is 2. The third-order valence-electron chi connectivity index (χ3n) is 6.65. The summed E-state index contributed by atoms with van der Waals surface area (Å²) in [7, 11) is 0. The van der Waals surface area contributed by atoms with Gasteiger partial charge in [0.25, 0.3) is 17.5 Å². The van der Waals surface area contributed by atoms with Crippen LogP contribution in [0, 0.1) is 10.1 Å². The number of aliphatic imine (C=N–C) groups is 1. The molecule has 1 unspecified atom stereocenters. The van der Waals surface area contributed by atoms with Crippen LogP contribution in [0.4, 0.5) is 5.69 Å². The zero-order valence-corrected chi connectivity index (χ0v) is 20.0. The number of aromatic nitrogens is 1. The van der Waals surface area contributed by atoms with Gasteiger partial charge >= 0.3 is 0 Å². The zero-order chi connectivity index (χ0) is 25.7. The fraction of sp³-hybridized carbons (Fsp3) is 0.148. The maximum Gasteiger partial charge on any atom is 0.294 e. The molecule has 10 heteroatoms. The average Bonchev–Trinajstić information content (AvgIpc) is 3.60. The van der Waals surface area contributed by atoms with Gasteiger partial charge in [-0.2, -0.15) is 0 Å². The second-order valence-electron chi connectivity index (χ2n) is 8.91. The number of ether oxygens (including phenoxy) is 1. The van der Waals surface area contributed by atoms with E-state index in [-0.39, 0.29) is 35.0 Å². The lowest BCUT2D eigenvalue weighted by Gasteiger charge is -2.30. The number of halogens is 1. The summed E-state index contributed by atoms with van der Waals surface area (Å²) in [5.74, 6) is -0.481. The van der Waals surface area contributed by atoms with Crippen LogP contribution in [0.5, 0.6) is 0 Å². The van der Waals surface area contributed by atoms with Crippen LogP contribution in [0.15, 0.2) is 77.8 Å². The van der Waals surface area contributed by atoms with E-state index in [0.717, 1.165) is 5.56 Å². The number of carbonyl (C=O) groups is 2. The molecule has 2 atom stereocenters. The molecule has 4 aromatic rings. The Hall–Kier alpha value is -4.50. The lowest BCUT2D eigenvalue weighted by atomic mass is 9.99. The van der Waals surface area contributed by atoms with Gasteiger partial charge in [0.2, 0.25) is 5.90 Å². The van der Waals surface area contributed by atoms with Gasteiger partial charge in [0.05, 0.1) is 28.6 Å². The largest absolute Gasteiger partial charge is 0.469 e. The number of hydrogen-bond acceptors (Lipinski definition) is 6. The molecule has 2 aliphatic heterocycles. The monoisotopic (exact) mass is 514 g/mol. The molecule has 37 heavy (non-hydrogen) atoms. The Balaban J connectivity index is 1.33. The summed E-state index contributed by atoms with van der Waals surface area (Å²) in [5.41, 5.74) is 2.27. The number of H-pyrrole nitrogens is 1. The topological polar surface area (TPSA) is 118 Å². The number of nitrogens with zero attached hydrogens (tertiary/aromatic N) is 3. The highest BCUT2D eigenvalue weighted by Gasteiger charge is 2.45. The minimum Gasteiger partial charge on any atom is -0.469 e. The Labute approximate surface area is 215 Å². The normalized spacial score (nSPS) is 17.6. The highest BCUT2D eigenvalue weighted by Crippen LogP contribution is 2.33. The number of hydrogen-bond donors (Lipinski definition) is 1. The van der Waals surface area contributed by atoms with E-state index in [2.05, 4.69) is 9.98 Å². The van der Waals surface area contributed by atoms with Crippen LogP contribution < -0.4 is 0 Å². The first-order valence-electron chi connectivity index (χ1n) is 11.6. The third-order valence-corrected chi connectivity index (χ3v) is 6.87. The molecule has 0 spiro atoms. The predicted octanol–water partition coefficient (Wildman–Crippen LogP) is 4.78. The molecule has 0 bridgehead atoms. The summed E-state index contributed by atoms with van der Waals surface area (Å²) in [6, 6.07) is 20.3. The lowest BCUT2D eigenvalue weighted by molar-refractivity contribution is -0.383. The second kappa shape index (κ2) is 8.86. The van der Waals surface area contributed by atoms with Crippen molar-refractivity contribution < 1.29 is 19.2 Å². The Morgan fingerprint density at radius 2 is 1.73 bits per heavy atom. The van der Waals surface area contributed by atoms with E-state index in [1.165, 1.54) is 11.0 Å². The molecule has 1 N–H and O–H groups in total. The summed E-state index contributed by atoms with van der Waals surface area (Å²) in [6.07, 6.45) is -0.226. The van der Waals surface area contributed by atoms with Gasteiger partial charge in [-0.1, -0.05) is 54.1 Å². The van der Waals surface area contributed by atoms with Crippen molar-refractivity contribution in [2.45, 2.75) is 18.6 Å². The first-order chi connectivity index (χ1) is 17.9. The van der Waals surface area contributed by atoms with E-state index in [0.29, 0.717) is 34.1 Å². The zero-order valence-electron chi connectivity index (χ0n) is 19.3. The van der Waals surface area contributed by atoms with Gasteiger partial charge in [-0.3, -0.25) is 24.6 Å². The Morgan fingerprint density at radius 3 is 2.41 bits per heavy atom. The number of benzene rings is 3. The second-order valence-corrected chi connectivity index (χ2v) is 9.35. The number of nitro groups is 1. The van der Waals surface area contributed by atoms with Crippen LogP contribution >= 0.6 is 11.6 Å². The number of non-ortho nitro benzene ring substituents is 1. The van der Waals surface area contributed by atoms with Crippen LogP contribution in [-0.4, -0.2) is 51.2 Å². The highest BCUT2D eigenvalue weighted by atomic mass is 35.5. The standard InChI is InChI=1S/C27H19ClN4O5/c28-17-11-16-12-20(30-24(16)22(13-17)32(35)36)25-29-14-23(37-25)21(10-15-6-2-1-3-7-15)31-26(33)18-8-4-5-9-19(18)27(31)34/h1-9,11-13,21,23,30H,10,14H2/t21?,23-/m1/s1. The molecule has 0 aliphatic carbocycles. The van der Waals surface area contributed by atoms with Crippen LogP contribution in [-0.2, 0) is 11.2 Å². The minimum atomic E-state index is -0.621. The van der Waals surface area contributed by atoms with Gasteiger partial charge in [0.1, 0.15) is 17.3 Å². The van der Waals surface area contributed by atoms with Crippen molar-refractivity contribution in [1.29, 1.82) is 0 Å². The molecule has 1 aromatic heterocycles. The van der Waals surface area contributed by atoms with E-state index in [1.807, 2.05) is 30.3 Å². The molecule has 0 radical (unpaired) electrons. The fourth-order valence-electron chi connectivity index (χ4n) is 4.94. The highest BCUT2D eigenvalue weighted by molar-refractivity contribution is 6.31. The molecule has 9 nitrogen and oxygen atoms in total.